The quantitative estimate of drug-likeness (QED) is 0.584. The lowest BCUT2D eigenvalue weighted by molar-refractivity contribution is -0.121. The fourth-order valence-corrected chi connectivity index (χ4v) is 4.03. The molecular weight excluding hydrogens is 368 g/mol. The standard InChI is InChI=1S/C18H28N4O4S/c1-14(22-9-3-4-10-22)13-19-18(24)8-11-27(25,26)21-17-7-5-6-16(12-17)20-15(2)23/h5-7,12,14,21H,3-4,8-11,13H2,1-2H3,(H,19,24)(H,20,23). The summed E-state index contributed by atoms with van der Waals surface area (Å²) in [5.41, 5.74) is 0.834. The van der Waals surface area contributed by atoms with E-state index in [1.54, 1.807) is 18.2 Å². The molecule has 0 bridgehead atoms. The maximum atomic E-state index is 12.2. The summed E-state index contributed by atoms with van der Waals surface area (Å²) in [5.74, 6) is -0.824. The van der Waals surface area contributed by atoms with E-state index in [0.717, 1.165) is 13.1 Å². The summed E-state index contributed by atoms with van der Waals surface area (Å²) >= 11 is 0. The van der Waals surface area contributed by atoms with Crippen molar-refractivity contribution in [1.29, 1.82) is 0 Å². The van der Waals surface area contributed by atoms with Gasteiger partial charge in [0.05, 0.1) is 11.4 Å². The van der Waals surface area contributed by atoms with Crippen molar-refractivity contribution in [3.63, 3.8) is 0 Å². The highest BCUT2D eigenvalue weighted by atomic mass is 32.2. The molecule has 1 unspecified atom stereocenters. The summed E-state index contributed by atoms with van der Waals surface area (Å²) < 4.78 is 26.8. The van der Waals surface area contributed by atoms with Gasteiger partial charge in [-0.2, -0.15) is 0 Å². The van der Waals surface area contributed by atoms with Gasteiger partial charge in [0, 0.05) is 31.6 Å². The Bertz CT molecular complexity index is 760. The van der Waals surface area contributed by atoms with E-state index in [-0.39, 0.29) is 30.0 Å². The zero-order valence-electron chi connectivity index (χ0n) is 15.8. The molecule has 150 valence electrons. The highest BCUT2D eigenvalue weighted by Crippen LogP contribution is 2.16. The first-order valence-corrected chi connectivity index (χ1v) is 10.8. The second-order valence-corrected chi connectivity index (χ2v) is 8.67. The molecule has 1 aliphatic heterocycles. The van der Waals surface area contributed by atoms with Gasteiger partial charge >= 0.3 is 0 Å². The normalized spacial score (nSPS) is 15.9. The number of nitrogens with one attached hydrogen (secondary N) is 3. The van der Waals surface area contributed by atoms with E-state index in [0.29, 0.717) is 17.9 Å². The molecule has 2 amide bonds. The largest absolute Gasteiger partial charge is 0.355 e. The van der Waals surface area contributed by atoms with Crippen LogP contribution in [0, 0.1) is 0 Å². The van der Waals surface area contributed by atoms with Crippen LogP contribution in [0.1, 0.15) is 33.1 Å². The Hall–Kier alpha value is -2.13. The van der Waals surface area contributed by atoms with Gasteiger partial charge in [-0.1, -0.05) is 6.07 Å². The van der Waals surface area contributed by atoms with Gasteiger partial charge in [-0.3, -0.25) is 19.2 Å². The minimum Gasteiger partial charge on any atom is -0.355 e. The number of nitrogens with zero attached hydrogens (tertiary/aromatic N) is 1. The van der Waals surface area contributed by atoms with Crippen molar-refractivity contribution < 1.29 is 18.0 Å². The smallest absolute Gasteiger partial charge is 0.233 e. The summed E-state index contributed by atoms with van der Waals surface area (Å²) in [4.78, 5) is 25.4. The second-order valence-electron chi connectivity index (χ2n) is 6.83. The minimum absolute atomic E-state index is 0.104. The lowest BCUT2D eigenvalue weighted by Crippen LogP contribution is -2.41. The summed E-state index contributed by atoms with van der Waals surface area (Å²) in [5, 5.41) is 5.40. The van der Waals surface area contributed by atoms with E-state index >= 15 is 0 Å². The van der Waals surface area contributed by atoms with Gasteiger partial charge in [0.25, 0.3) is 0 Å². The number of benzene rings is 1. The Morgan fingerprint density at radius 2 is 1.85 bits per heavy atom. The molecule has 1 saturated heterocycles. The lowest BCUT2D eigenvalue weighted by atomic mass is 10.3. The first-order valence-electron chi connectivity index (χ1n) is 9.14. The van der Waals surface area contributed by atoms with Crippen molar-refractivity contribution in [2.75, 3.05) is 35.4 Å². The first-order chi connectivity index (χ1) is 12.7. The molecule has 8 nitrogen and oxygen atoms in total. The van der Waals surface area contributed by atoms with Gasteiger partial charge in [0.1, 0.15) is 0 Å². The Morgan fingerprint density at radius 1 is 1.19 bits per heavy atom. The molecule has 0 radical (unpaired) electrons. The Morgan fingerprint density at radius 3 is 2.52 bits per heavy atom. The van der Waals surface area contributed by atoms with Gasteiger partial charge in [-0.25, -0.2) is 8.42 Å². The molecule has 1 heterocycles. The Balaban J connectivity index is 1.78. The molecule has 0 aliphatic carbocycles. The van der Waals surface area contributed by atoms with Crippen LogP contribution in [0.15, 0.2) is 24.3 Å². The highest BCUT2D eigenvalue weighted by Gasteiger charge is 2.19. The van der Waals surface area contributed by atoms with Crippen molar-refractivity contribution in [2.45, 2.75) is 39.2 Å². The summed E-state index contributed by atoms with van der Waals surface area (Å²) in [6.07, 6.45) is 2.27. The van der Waals surface area contributed by atoms with Crippen LogP contribution in [-0.4, -0.2) is 56.6 Å². The fraction of sp³-hybridized carbons (Fsp3) is 0.556. The van der Waals surface area contributed by atoms with E-state index in [1.807, 2.05) is 0 Å². The van der Waals surface area contributed by atoms with Gasteiger partial charge in [0.2, 0.25) is 21.8 Å². The minimum atomic E-state index is -3.66. The number of hydrogen-bond donors (Lipinski definition) is 3. The molecular formula is C18H28N4O4S. The lowest BCUT2D eigenvalue weighted by Gasteiger charge is -2.23. The number of sulfonamides is 1. The first kappa shape index (κ1) is 21.2. The predicted molar refractivity (Wildman–Crippen MR) is 106 cm³/mol. The van der Waals surface area contributed by atoms with Crippen molar-refractivity contribution in [3.8, 4) is 0 Å². The molecule has 9 heteroatoms. The molecule has 3 N–H and O–H groups in total. The van der Waals surface area contributed by atoms with Gasteiger partial charge in [-0.15, -0.1) is 0 Å². The van der Waals surface area contributed by atoms with Crippen LogP contribution >= 0.6 is 0 Å². The maximum Gasteiger partial charge on any atom is 0.233 e. The Labute approximate surface area is 160 Å². The van der Waals surface area contributed by atoms with Gasteiger partial charge in [-0.05, 0) is 51.1 Å². The second kappa shape index (κ2) is 9.70. The maximum absolute atomic E-state index is 12.2. The van der Waals surface area contributed by atoms with Crippen molar-refractivity contribution in [2.24, 2.45) is 0 Å². The van der Waals surface area contributed by atoms with E-state index in [1.165, 1.54) is 25.8 Å². The zero-order valence-corrected chi connectivity index (χ0v) is 16.6. The predicted octanol–water partition coefficient (Wildman–Crippen LogP) is 1.38. The van der Waals surface area contributed by atoms with Crippen molar-refractivity contribution >= 4 is 33.2 Å². The van der Waals surface area contributed by atoms with Crippen LogP contribution in [0.4, 0.5) is 11.4 Å². The SMILES string of the molecule is CC(=O)Nc1cccc(NS(=O)(=O)CCC(=O)NCC(C)N2CCCC2)c1. The van der Waals surface area contributed by atoms with Crippen LogP contribution in [-0.2, 0) is 19.6 Å². The van der Waals surface area contributed by atoms with E-state index < -0.39 is 10.0 Å². The number of rotatable bonds is 9. The summed E-state index contributed by atoms with van der Waals surface area (Å²) in [6.45, 7) is 6.05. The van der Waals surface area contributed by atoms with E-state index in [9.17, 15) is 18.0 Å². The molecule has 0 spiro atoms. The molecule has 1 fully saturated rings. The summed E-state index contributed by atoms with van der Waals surface area (Å²) in [6, 6.07) is 6.66. The number of amides is 2. The third-order valence-electron chi connectivity index (χ3n) is 4.41. The number of carbonyl (C=O) groups excluding carboxylic acids is 2. The van der Waals surface area contributed by atoms with Crippen LogP contribution in [0.25, 0.3) is 0 Å². The molecule has 0 saturated carbocycles. The van der Waals surface area contributed by atoms with Crippen molar-refractivity contribution in [1.82, 2.24) is 10.2 Å². The molecule has 2 rings (SSSR count). The topological polar surface area (TPSA) is 108 Å². The average Bonchev–Trinajstić information content (AvgIpc) is 3.12. The molecule has 1 aromatic carbocycles. The van der Waals surface area contributed by atoms with E-state index in [2.05, 4.69) is 27.2 Å². The monoisotopic (exact) mass is 396 g/mol. The van der Waals surface area contributed by atoms with Gasteiger partial charge in [0.15, 0.2) is 0 Å². The summed E-state index contributed by atoms with van der Waals surface area (Å²) in [7, 11) is -3.66. The zero-order chi connectivity index (χ0) is 19.9. The Kier molecular flexibility index (Phi) is 7.61. The molecule has 1 aromatic rings. The highest BCUT2D eigenvalue weighted by molar-refractivity contribution is 7.92. The number of likely N-dealkylation sites (tertiary alicyclic amines) is 1. The number of hydrogen-bond acceptors (Lipinski definition) is 5. The van der Waals surface area contributed by atoms with Crippen LogP contribution in [0.2, 0.25) is 0 Å². The number of anilines is 2. The number of carbonyl (C=O) groups is 2. The third kappa shape index (κ3) is 7.56. The third-order valence-corrected chi connectivity index (χ3v) is 5.70. The van der Waals surface area contributed by atoms with Crippen LogP contribution in [0.3, 0.4) is 0 Å². The fourth-order valence-electron chi connectivity index (χ4n) is 2.98. The molecule has 27 heavy (non-hydrogen) atoms. The molecule has 0 aromatic heterocycles. The van der Waals surface area contributed by atoms with E-state index in [4.69, 9.17) is 0 Å². The average molecular weight is 397 g/mol. The van der Waals surface area contributed by atoms with Gasteiger partial charge < -0.3 is 10.6 Å². The van der Waals surface area contributed by atoms with Crippen molar-refractivity contribution in [3.05, 3.63) is 24.3 Å². The van der Waals surface area contributed by atoms with Crippen LogP contribution < -0.4 is 15.4 Å². The van der Waals surface area contributed by atoms with Crippen LogP contribution in [0.5, 0.6) is 0 Å². The molecule has 1 atom stereocenters. The molecule has 1 aliphatic rings.